The molecule has 4 nitrogen and oxygen atoms in total. The van der Waals surface area contributed by atoms with Crippen molar-refractivity contribution in [3.8, 4) is 0 Å². The summed E-state index contributed by atoms with van der Waals surface area (Å²) in [5.41, 5.74) is 0. The highest BCUT2D eigenvalue weighted by atomic mass is 32.5. The van der Waals surface area contributed by atoms with Gasteiger partial charge in [-0.05, 0) is 36.5 Å². The number of hydrogen-bond donors (Lipinski definition) is 0. The van der Waals surface area contributed by atoms with Crippen molar-refractivity contribution in [2.45, 2.75) is 64.7 Å². The van der Waals surface area contributed by atoms with Crippen molar-refractivity contribution in [1.29, 1.82) is 0 Å². The standard InChI is InChI=1S/C14H30O4P2S2/c1-13(2,3)19(21)15-9-7-11-17-20(22,14(4,5)6)18-12-8-10-16-19/h7-12H2,1-6H3. The van der Waals surface area contributed by atoms with Gasteiger partial charge in [0.15, 0.2) is 13.0 Å². The summed E-state index contributed by atoms with van der Waals surface area (Å²) in [6.45, 7) is 9.98. The normalized spacial score (nSPS) is 33.7. The van der Waals surface area contributed by atoms with Crippen LogP contribution in [0.15, 0.2) is 0 Å². The topological polar surface area (TPSA) is 36.9 Å². The van der Waals surface area contributed by atoms with Gasteiger partial charge in [-0.25, -0.2) is 0 Å². The van der Waals surface area contributed by atoms with E-state index in [0.29, 0.717) is 26.4 Å². The summed E-state index contributed by atoms with van der Waals surface area (Å²) in [6.07, 6.45) is 1.49. The van der Waals surface area contributed by atoms with Crippen molar-refractivity contribution >= 4 is 36.6 Å². The maximum atomic E-state index is 5.98. The van der Waals surface area contributed by atoms with E-state index in [2.05, 4.69) is 41.5 Å². The van der Waals surface area contributed by atoms with E-state index in [0.717, 1.165) is 12.8 Å². The zero-order chi connectivity index (χ0) is 17.1. The first-order chi connectivity index (χ1) is 9.91. The van der Waals surface area contributed by atoms with Gasteiger partial charge < -0.3 is 18.1 Å². The molecule has 0 N–H and O–H groups in total. The Bertz CT molecular complexity index is 393. The van der Waals surface area contributed by atoms with Gasteiger partial charge in [-0.1, -0.05) is 41.5 Å². The average molecular weight is 388 g/mol. The van der Waals surface area contributed by atoms with Crippen LogP contribution >= 0.6 is 13.0 Å². The SMILES string of the molecule is CC(C)(C)P1(=S)OCCCOP(=S)(C(C)(C)C)OCCCO1. The molecule has 1 heterocycles. The van der Waals surface area contributed by atoms with Gasteiger partial charge in [-0.15, -0.1) is 0 Å². The summed E-state index contributed by atoms with van der Waals surface area (Å²) < 4.78 is 23.9. The van der Waals surface area contributed by atoms with Gasteiger partial charge in [0.25, 0.3) is 0 Å². The molecule has 0 amide bonds. The fourth-order valence-electron chi connectivity index (χ4n) is 1.71. The van der Waals surface area contributed by atoms with Crippen LogP contribution in [0.1, 0.15) is 54.4 Å². The lowest BCUT2D eigenvalue weighted by Crippen LogP contribution is -2.22. The van der Waals surface area contributed by atoms with Crippen molar-refractivity contribution in [1.82, 2.24) is 0 Å². The molecule has 0 spiro atoms. The molecule has 1 fully saturated rings. The maximum absolute atomic E-state index is 5.98. The molecule has 0 saturated carbocycles. The van der Waals surface area contributed by atoms with Crippen molar-refractivity contribution < 1.29 is 18.1 Å². The van der Waals surface area contributed by atoms with Crippen molar-refractivity contribution in [2.75, 3.05) is 26.4 Å². The van der Waals surface area contributed by atoms with Gasteiger partial charge in [0.2, 0.25) is 0 Å². The Balaban J connectivity index is 2.77. The molecule has 0 aromatic heterocycles. The molecule has 0 radical (unpaired) electrons. The third kappa shape index (κ3) is 5.60. The zero-order valence-corrected chi connectivity index (χ0v) is 18.0. The molecule has 0 unspecified atom stereocenters. The van der Waals surface area contributed by atoms with Crippen LogP contribution in [0, 0.1) is 0 Å². The molecule has 0 aromatic carbocycles. The fourth-order valence-corrected chi connectivity index (χ4v) is 5.78. The van der Waals surface area contributed by atoms with Crippen LogP contribution < -0.4 is 0 Å². The number of rotatable bonds is 0. The highest BCUT2D eigenvalue weighted by Gasteiger charge is 2.36. The molecular formula is C14H30O4P2S2. The van der Waals surface area contributed by atoms with Gasteiger partial charge in [0.1, 0.15) is 0 Å². The Kier molecular flexibility index (Phi) is 7.72. The second kappa shape index (κ2) is 8.01. The summed E-state index contributed by atoms with van der Waals surface area (Å²) in [7, 11) is 0. The fraction of sp³-hybridized carbons (Fsp3) is 1.00. The lowest BCUT2D eigenvalue weighted by atomic mass is 10.3. The summed E-state index contributed by atoms with van der Waals surface area (Å²) in [6, 6.07) is 0. The molecule has 0 aliphatic carbocycles. The Morgan fingerprint density at radius 3 is 1.00 bits per heavy atom. The Morgan fingerprint density at radius 2 is 0.818 bits per heavy atom. The Morgan fingerprint density at radius 1 is 0.591 bits per heavy atom. The molecule has 1 aliphatic heterocycles. The van der Waals surface area contributed by atoms with Gasteiger partial charge in [0, 0.05) is 10.3 Å². The van der Waals surface area contributed by atoms with E-state index in [1.807, 2.05) is 0 Å². The second-order valence-electron chi connectivity index (χ2n) is 7.38. The zero-order valence-electron chi connectivity index (χ0n) is 14.6. The van der Waals surface area contributed by atoms with Gasteiger partial charge >= 0.3 is 0 Å². The van der Waals surface area contributed by atoms with Crippen LogP contribution in [-0.4, -0.2) is 36.7 Å². The van der Waals surface area contributed by atoms with Gasteiger partial charge in [-0.3, -0.25) is 0 Å². The summed E-state index contributed by atoms with van der Waals surface area (Å²) in [4.78, 5) is 0. The van der Waals surface area contributed by atoms with E-state index < -0.39 is 13.0 Å². The molecule has 22 heavy (non-hydrogen) atoms. The molecule has 8 heteroatoms. The summed E-state index contributed by atoms with van der Waals surface area (Å²) in [5, 5.41) is -0.345. The average Bonchev–Trinajstić information content (AvgIpc) is 2.33. The lowest BCUT2D eigenvalue weighted by Gasteiger charge is -2.36. The molecule has 1 rings (SSSR count). The van der Waals surface area contributed by atoms with Crippen LogP contribution in [0.5, 0.6) is 0 Å². The monoisotopic (exact) mass is 388 g/mol. The van der Waals surface area contributed by atoms with Crippen LogP contribution in [0.25, 0.3) is 0 Å². The largest absolute Gasteiger partial charge is 0.329 e. The third-order valence-corrected chi connectivity index (χ3v) is 13.2. The predicted molar refractivity (Wildman–Crippen MR) is 101 cm³/mol. The van der Waals surface area contributed by atoms with E-state index in [-0.39, 0.29) is 10.3 Å². The van der Waals surface area contributed by atoms with Gasteiger partial charge in [-0.2, -0.15) is 0 Å². The van der Waals surface area contributed by atoms with Crippen molar-refractivity contribution in [2.24, 2.45) is 0 Å². The predicted octanol–water partition coefficient (Wildman–Crippen LogP) is 5.06. The first-order valence-corrected chi connectivity index (χ1v) is 13.0. The van der Waals surface area contributed by atoms with Crippen molar-refractivity contribution in [3.05, 3.63) is 0 Å². The maximum Gasteiger partial charge on any atom is 0.194 e. The first-order valence-electron chi connectivity index (χ1n) is 7.70. The second-order valence-corrected chi connectivity index (χ2v) is 16.0. The highest BCUT2D eigenvalue weighted by Crippen LogP contribution is 2.62. The Hall–Kier alpha value is 1.14. The van der Waals surface area contributed by atoms with E-state index in [1.165, 1.54) is 0 Å². The molecular weight excluding hydrogens is 358 g/mol. The minimum atomic E-state index is -2.31. The highest BCUT2D eigenvalue weighted by molar-refractivity contribution is 8.10. The van der Waals surface area contributed by atoms with E-state index in [4.69, 9.17) is 41.7 Å². The molecule has 1 saturated heterocycles. The Labute approximate surface area is 146 Å². The third-order valence-electron chi connectivity index (χ3n) is 3.27. The molecule has 132 valence electrons. The minimum Gasteiger partial charge on any atom is -0.329 e. The van der Waals surface area contributed by atoms with E-state index in [9.17, 15) is 0 Å². The molecule has 0 bridgehead atoms. The summed E-state index contributed by atoms with van der Waals surface area (Å²) in [5.74, 6) is 0. The number of hydrogen-bond acceptors (Lipinski definition) is 6. The van der Waals surface area contributed by atoms with Crippen molar-refractivity contribution in [3.63, 3.8) is 0 Å². The van der Waals surface area contributed by atoms with Crippen LogP contribution in [-0.2, 0) is 41.7 Å². The van der Waals surface area contributed by atoms with Crippen LogP contribution in [0.2, 0.25) is 0 Å². The van der Waals surface area contributed by atoms with E-state index >= 15 is 0 Å². The first kappa shape index (κ1) is 21.2. The molecule has 1 aliphatic rings. The lowest BCUT2D eigenvalue weighted by molar-refractivity contribution is 0.169. The minimum absolute atomic E-state index is 0.172. The van der Waals surface area contributed by atoms with Crippen LogP contribution in [0.4, 0.5) is 0 Å². The van der Waals surface area contributed by atoms with Gasteiger partial charge in [0.05, 0.1) is 26.4 Å². The molecule has 0 aromatic rings. The smallest absolute Gasteiger partial charge is 0.194 e. The quantitative estimate of drug-likeness (QED) is 0.540. The summed E-state index contributed by atoms with van der Waals surface area (Å²) >= 11 is 11.4. The molecule has 0 atom stereocenters. The van der Waals surface area contributed by atoms with Crippen LogP contribution in [0.3, 0.4) is 0 Å². The van der Waals surface area contributed by atoms with E-state index in [1.54, 1.807) is 0 Å².